The molecule has 1 saturated heterocycles. The number of hydrogen-bond acceptors (Lipinski definition) is 4. The average molecular weight is 318 g/mol. The van der Waals surface area contributed by atoms with Crippen LogP contribution >= 0.6 is 0 Å². The van der Waals surface area contributed by atoms with Crippen LogP contribution in [0.3, 0.4) is 0 Å². The van der Waals surface area contributed by atoms with E-state index in [0.717, 1.165) is 37.0 Å². The predicted octanol–water partition coefficient (Wildman–Crippen LogP) is 2.87. The van der Waals surface area contributed by atoms with Crippen molar-refractivity contribution in [3.8, 4) is 5.69 Å². The third-order valence-electron chi connectivity index (χ3n) is 4.24. The normalized spacial score (nSPS) is 18.2. The minimum absolute atomic E-state index is 0.131. The van der Waals surface area contributed by atoms with Crippen LogP contribution in [-0.4, -0.2) is 38.7 Å². The van der Waals surface area contributed by atoms with Gasteiger partial charge in [0.05, 0.1) is 0 Å². The molecule has 1 aliphatic heterocycles. The Morgan fingerprint density at radius 1 is 1.35 bits per heavy atom. The zero-order valence-corrected chi connectivity index (χ0v) is 12.9. The molecule has 1 atom stereocenters. The highest BCUT2D eigenvalue weighted by Gasteiger charge is 2.29. The SMILES string of the molecule is CCC1CCCCN1c1nn(-c2ccccc2F)nc1C(=O)O. The summed E-state index contributed by atoms with van der Waals surface area (Å²) in [5.74, 6) is -1.31. The fraction of sp³-hybridized carbons (Fsp3) is 0.438. The largest absolute Gasteiger partial charge is 0.476 e. The van der Waals surface area contributed by atoms with E-state index in [4.69, 9.17) is 0 Å². The van der Waals surface area contributed by atoms with Gasteiger partial charge in [0.25, 0.3) is 0 Å². The molecule has 7 heteroatoms. The molecule has 0 radical (unpaired) electrons. The van der Waals surface area contributed by atoms with Crippen molar-refractivity contribution in [1.82, 2.24) is 15.0 Å². The van der Waals surface area contributed by atoms with Gasteiger partial charge in [-0.05, 0) is 37.8 Å². The molecule has 1 N–H and O–H groups in total. The molecule has 0 aliphatic carbocycles. The van der Waals surface area contributed by atoms with Crippen molar-refractivity contribution < 1.29 is 14.3 Å². The number of piperidine rings is 1. The van der Waals surface area contributed by atoms with E-state index in [1.54, 1.807) is 12.1 Å². The first-order chi connectivity index (χ1) is 11.1. The van der Waals surface area contributed by atoms with E-state index >= 15 is 0 Å². The van der Waals surface area contributed by atoms with Crippen LogP contribution in [0.1, 0.15) is 43.1 Å². The zero-order valence-electron chi connectivity index (χ0n) is 12.9. The summed E-state index contributed by atoms with van der Waals surface area (Å²) in [7, 11) is 0. The van der Waals surface area contributed by atoms with Crippen molar-refractivity contribution >= 4 is 11.8 Å². The standard InChI is InChI=1S/C16H19FN4O2/c1-2-11-7-5-6-10-20(11)15-14(16(22)23)18-21(19-15)13-9-4-3-8-12(13)17/h3-4,8-9,11H,2,5-7,10H2,1H3,(H,22,23). The molecule has 0 saturated carbocycles. The van der Waals surface area contributed by atoms with Crippen molar-refractivity contribution in [3.05, 3.63) is 35.8 Å². The predicted molar refractivity (Wildman–Crippen MR) is 83.6 cm³/mol. The van der Waals surface area contributed by atoms with Crippen LogP contribution in [-0.2, 0) is 0 Å². The Balaban J connectivity index is 2.06. The molecule has 1 unspecified atom stereocenters. The molecule has 6 nitrogen and oxygen atoms in total. The summed E-state index contributed by atoms with van der Waals surface area (Å²) in [5, 5.41) is 17.8. The van der Waals surface area contributed by atoms with Crippen molar-refractivity contribution in [1.29, 1.82) is 0 Å². The van der Waals surface area contributed by atoms with Crippen LogP contribution in [0.15, 0.2) is 24.3 Å². The number of hydrogen-bond donors (Lipinski definition) is 1. The van der Waals surface area contributed by atoms with Crippen LogP contribution in [0.5, 0.6) is 0 Å². The maximum atomic E-state index is 13.9. The molecule has 0 amide bonds. The molecule has 0 bridgehead atoms. The fourth-order valence-corrected chi connectivity index (χ4v) is 3.06. The van der Waals surface area contributed by atoms with Gasteiger partial charge in [-0.2, -0.15) is 0 Å². The number of nitrogens with zero attached hydrogens (tertiary/aromatic N) is 4. The van der Waals surface area contributed by atoms with Crippen molar-refractivity contribution in [3.63, 3.8) is 0 Å². The van der Waals surface area contributed by atoms with Gasteiger partial charge in [0, 0.05) is 12.6 Å². The molecule has 2 aromatic rings. The minimum atomic E-state index is -1.15. The van der Waals surface area contributed by atoms with Gasteiger partial charge in [-0.25, -0.2) is 9.18 Å². The lowest BCUT2D eigenvalue weighted by atomic mass is 10.00. The molecule has 2 heterocycles. The van der Waals surface area contributed by atoms with Crippen molar-refractivity contribution in [2.45, 2.75) is 38.6 Å². The maximum Gasteiger partial charge on any atom is 0.360 e. The number of para-hydroxylation sites is 1. The van der Waals surface area contributed by atoms with Crippen LogP contribution < -0.4 is 4.90 Å². The highest BCUT2D eigenvalue weighted by Crippen LogP contribution is 2.28. The Hall–Kier alpha value is -2.44. The number of aromatic carboxylic acids is 1. The Bertz CT molecular complexity index is 716. The van der Waals surface area contributed by atoms with Gasteiger partial charge in [0.15, 0.2) is 11.6 Å². The van der Waals surface area contributed by atoms with E-state index in [2.05, 4.69) is 17.1 Å². The number of aromatic nitrogens is 3. The van der Waals surface area contributed by atoms with Gasteiger partial charge in [-0.3, -0.25) is 0 Å². The highest BCUT2D eigenvalue weighted by atomic mass is 19.1. The summed E-state index contributed by atoms with van der Waals surface area (Å²) in [4.78, 5) is 14.6. The van der Waals surface area contributed by atoms with E-state index in [1.165, 1.54) is 12.1 Å². The van der Waals surface area contributed by atoms with Crippen LogP contribution in [0, 0.1) is 5.82 Å². The van der Waals surface area contributed by atoms with E-state index in [0.29, 0.717) is 5.82 Å². The molecule has 3 rings (SSSR count). The smallest absolute Gasteiger partial charge is 0.360 e. The van der Waals surface area contributed by atoms with Crippen LogP contribution in [0.4, 0.5) is 10.2 Å². The molecular formula is C16H19FN4O2. The summed E-state index contributed by atoms with van der Waals surface area (Å²) in [6.45, 7) is 2.82. The Morgan fingerprint density at radius 2 is 2.13 bits per heavy atom. The number of benzene rings is 1. The molecule has 0 spiro atoms. The monoisotopic (exact) mass is 318 g/mol. The molecule has 1 aromatic heterocycles. The Labute approximate surface area is 133 Å². The molecule has 23 heavy (non-hydrogen) atoms. The number of halogens is 1. The van der Waals surface area contributed by atoms with E-state index in [1.807, 2.05) is 4.90 Å². The third-order valence-corrected chi connectivity index (χ3v) is 4.24. The van der Waals surface area contributed by atoms with Crippen molar-refractivity contribution in [2.24, 2.45) is 0 Å². The minimum Gasteiger partial charge on any atom is -0.476 e. The molecule has 1 aromatic carbocycles. The first kappa shape index (κ1) is 15.5. The fourth-order valence-electron chi connectivity index (χ4n) is 3.06. The zero-order chi connectivity index (χ0) is 16.4. The second kappa shape index (κ2) is 6.36. The number of anilines is 1. The van der Waals surface area contributed by atoms with Crippen LogP contribution in [0.25, 0.3) is 5.69 Å². The Kier molecular flexibility index (Phi) is 4.27. The second-order valence-electron chi connectivity index (χ2n) is 5.67. The van der Waals surface area contributed by atoms with Gasteiger partial charge in [-0.15, -0.1) is 15.0 Å². The number of carboxylic acid groups (broad SMARTS) is 1. The summed E-state index contributed by atoms with van der Waals surface area (Å²) in [6, 6.07) is 6.30. The maximum absolute atomic E-state index is 13.9. The van der Waals surface area contributed by atoms with Gasteiger partial charge < -0.3 is 10.0 Å². The quantitative estimate of drug-likeness (QED) is 0.938. The first-order valence-corrected chi connectivity index (χ1v) is 7.84. The number of carbonyl (C=O) groups is 1. The highest BCUT2D eigenvalue weighted by molar-refractivity contribution is 5.91. The average Bonchev–Trinajstić information content (AvgIpc) is 3.00. The summed E-state index contributed by atoms with van der Waals surface area (Å²) < 4.78 is 13.9. The van der Waals surface area contributed by atoms with Gasteiger partial charge >= 0.3 is 5.97 Å². The topological polar surface area (TPSA) is 71.2 Å². The summed E-state index contributed by atoms with van der Waals surface area (Å²) in [6.07, 6.45) is 4.02. The molecule has 1 aliphatic rings. The second-order valence-corrected chi connectivity index (χ2v) is 5.67. The summed E-state index contributed by atoms with van der Waals surface area (Å²) >= 11 is 0. The third kappa shape index (κ3) is 2.91. The van der Waals surface area contributed by atoms with Gasteiger partial charge in [0.2, 0.25) is 5.69 Å². The van der Waals surface area contributed by atoms with E-state index in [9.17, 15) is 14.3 Å². The van der Waals surface area contributed by atoms with Crippen molar-refractivity contribution in [2.75, 3.05) is 11.4 Å². The van der Waals surface area contributed by atoms with Gasteiger partial charge in [-0.1, -0.05) is 19.1 Å². The lowest BCUT2D eigenvalue weighted by Crippen LogP contribution is -2.40. The Morgan fingerprint density at radius 3 is 2.83 bits per heavy atom. The van der Waals surface area contributed by atoms with E-state index in [-0.39, 0.29) is 17.4 Å². The lowest BCUT2D eigenvalue weighted by molar-refractivity contribution is 0.0690. The summed E-state index contributed by atoms with van der Waals surface area (Å²) in [5.41, 5.74) is 0.0138. The molecular weight excluding hydrogens is 299 g/mol. The lowest BCUT2D eigenvalue weighted by Gasteiger charge is -2.35. The number of carboxylic acids is 1. The van der Waals surface area contributed by atoms with Crippen LogP contribution in [0.2, 0.25) is 0 Å². The number of rotatable bonds is 4. The van der Waals surface area contributed by atoms with Gasteiger partial charge in [0.1, 0.15) is 5.69 Å². The molecule has 122 valence electrons. The van der Waals surface area contributed by atoms with E-state index < -0.39 is 11.8 Å². The molecule has 1 fully saturated rings. The first-order valence-electron chi connectivity index (χ1n) is 7.84.